The van der Waals surface area contributed by atoms with E-state index in [1.807, 2.05) is 54.6 Å². The topological polar surface area (TPSA) is 131 Å². The zero-order chi connectivity index (χ0) is 27.1. The summed E-state index contributed by atoms with van der Waals surface area (Å²) in [4.78, 5) is 2.18. The molecular formula is C28H35N4O5P. The van der Waals surface area contributed by atoms with Crippen molar-refractivity contribution in [1.29, 1.82) is 10.8 Å². The summed E-state index contributed by atoms with van der Waals surface area (Å²) in [7, 11) is -3.71. The zero-order valence-corrected chi connectivity index (χ0v) is 22.7. The number of hydrogen-bond acceptors (Lipinski definition) is 8. The number of likely N-dealkylation sites (tertiary alicyclic amines) is 1. The Bertz CT molecular complexity index is 1310. The summed E-state index contributed by atoms with van der Waals surface area (Å²) >= 11 is 0. The Hall–Kier alpha value is -3.23. The third-order valence-electron chi connectivity index (χ3n) is 6.32. The zero-order valence-electron chi connectivity index (χ0n) is 21.8. The summed E-state index contributed by atoms with van der Waals surface area (Å²) in [6.45, 7) is 6.25. The van der Waals surface area contributed by atoms with Gasteiger partial charge in [0.1, 0.15) is 23.4 Å². The summed E-state index contributed by atoms with van der Waals surface area (Å²) in [5.74, 6) is 0.176. The van der Waals surface area contributed by atoms with Gasteiger partial charge in [-0.05, 0) is 61.4 Å². The number of nitrogens with two attached hydrogens (primary N) is 1. The lowest BCUT2D eigenvalue weighted by Crippen LogP contribution is -2.26. The molecule has 0 amide bonds. The summed E-state index contributed by atoms with van der Waals surface area (Å²) in [6, 6.07) is 18.4. The van der Waals surface area contributed by atoms with E-state index in [1.54, 1.807) is 19.9 Å². The highest BCUT2D eigenvalue weighted by molar-refractivity contribution is 7.54. The van der Waals surface area contributed by atoms with Gasteiger partial charge in [-0.1, -0.05) is 30.3 Å². The molecule has 0 aromatic heterocycles. The van der Waals surface area contributed by atoms with Crippen LogP contribution in [0.2, 0.25) is 0 Å². The van der Waals surface area contributed by atoms with Crippen molar-refractivity contribution in [1.82, 2.24) is 4.90 Å². The summed E-state index contributed by atoms with van der Waals surface area (Å²) in [6.07, 6.45) is 2.37. The molecule has 3 aromatic carbocycles. The van der Waals surface area contributed by atoms with E-state index >= 15 is 0 Å². The first-order chi connectivity index (χ1) is 18.3. The molecule has 0 aliphatic carbocycles. The fourth-order valence-corrected chi connectivity index (χ4v) is 6.39. The minimum atomic E-state index is -3.71. The van der Waals surface area contributed by atoms with Gasteiger partial charge < -0.3 is 29.7 Å². The minimum absolute atomic E-state index is 0.0179. The highest BCUT2D eigenvalue weighted by Crippen LogP contribution is 2.61. The van der Waals surface area contributed by atoms with Gasteiger partial charge in [0, 0.05) is 37.0 Å². The number of benzene rings is 3. The van der Waals surface area contributed by atoms with Gasteiger partial charge in [-0.2, -0.15) is 0 Å². The molecule has 1 saturated heterocycles. The van der Waals surface area contributed by atoms with E-state index in [0.717, 1.165) is 30.3 Å². The number of nitrogens with one attached hydrogen (secondary N) is 2. The lowest BCUT2D eigenvalue weighted by Gasteiger charge is -2.27. The quantitative estimate of drug-likeness (QED) is 0.147. The number of ether oxygens (including phenoxy) is 2. The maximum Gasteiger partial charge on any atom is 0.375 e. The fourth-order valence-electron chi connectivity index (χ4n) is 4.53. The Morgan fingerprint density at radius 2 is 1.74 bits per heavy atom. The number of hydrogen-bond donors (Lipinski definition) is 3. The van der Waals surface area contributed by atoms with Crippen molar-refractivity contribution < 1.29 is 23.1 Å². The van der Waals surface area contributed by atoms with Crippen molar-refractivity contribution in [2.24, 2.45) is 5.73 Å². The minimum Gasteiger partial charge on any atom is -0.489 e. The van der Waals surface area contributed by atoms with Gasteiger partial charge in [0.15, 0.2) is 0 Å². The maximum atomic E-state index is 13.9. The van der Waals surface area contributed by atoms with Crippen molar-refractivity contribution in [3.8, 4) is 11.5 Å². The summed E-state index contributed by atoms with van der Waals surface area (Å²) in [5.41, 5.74) is 6.91. The molecule has 0 spiro atoms. The van der Waals surface area contributed by atoms with E-state index in [-0.39, 0.29) is 25.2 Å². The molecule has 1 aliphatic rings. The lowest BCUT2D eigenvalue weighted by atomic mass is 10.1. The highest BCUT2D eigenvalue weighted by Gasteiger charge is 2.39. The van der Waals surface area contributed by atoms with Gasteiger partial charge in [-0.25, -0.2) is 0 Å². The molecule has 0 bridgehead atoms. The van der Waals surface area contributed by atoms with Crippen LogP contribution in [0.4, 0.5) is 0 Å². The Kier molecular flexibility index (Phi) is 9.17. The molecule has 10 heteroatoms. The lowest BCUT2D eigenvalue weighted by molar-refractivity contribution is 0.162. The van der Waals surface area contributed by atoms with Crippen molar-refractivity contribution in [3.63, 3.8) is 0 Å². The second-order valence-corrected chi connectivity index (χ2v) is 11.1. The van der Waals surface area contributed by atoms with Gasteiger partial charge in [-0.3, -0.25) is 14.9 Å². The Morgan fingerprint density at radius 1 is 1.05 bits per heavy atom. The summed E-state index contributed by atoms with van der Waals surface area (Å²) < 4.78 is 37.7. The SMILES string of the molecule is CCOP(=O)(OCC)C(Oc1ccc2ccc(C(=N)N)cc2c1)c1ccc(OC2CCN(CC=N)C2)cc1. The second-order valence-electron chi connectivity index (χ2n) is 9.04. The van der Waals surface area contributed by atoms with Crippen LogP contribution >= 0.6 is 7.60 Å². The molecule has 3 aromatic rings. The first kappa shape index (κ1) is 27.8. The molecule has 2 atom stereocenters. The molecule has 4 rings (SSSR count). The van der Waals surface area contributed by atoms with E-state index in [4.69, 9.17) is 35.1 Å². The van der Waals surface area contributed by atoms with Crippen LogP contribution in [0.5, 0.6) is 11.5 Å². The first-order valence-corrected chi connectivity index (χ1v) is 14.4. The van der Waals surface area contributed by atoms with Crippen LogP contribution in [-0.2, 0) is 13.6 Å². The summed E-state index contributed by atoms with van der Waals surface area (Å²) in [5, 5.41) is 16.8. The Labute approximate surface area is 223 Å². The van der Waals surface area contributed by atoms with Crippen LogP contribution < -0.4 is 15.2 Å². The van der Waals surface area contributed by atoms with Crippen LogP contribution in [0.15, 0.2) is 60.7 Å². The van der Waals surface area contributed by atoms with Crippen LogP contribution in [0.1, 0.15) is 37.2 Å². The van der Waals surface area contributed by atoms with Gasteiger partial charge in [0.2, 0.25) is 5.85 Å². The monoisotopic (exact) mass is 538 g/mol. The van der Waals surface area contributed by atoms with E-state index < -0.39 is 13.4 Å². The number of amidine groups is 1. The average Bonchev–Trinajstić information content (AvgIpc) is 3.34. The van der Waals surface area contributed by atoms with Crippen LogP contribution in [0.25, 0.3) is 10.8 Å². The van der Waals surface area contributed by atoms with Crippen molar-refractivity contribution in [2.75, 3.05) is 32.8 Å². The predicted octanol–water partition coefficient (Wildman–Crippen LogP) is 5.57. The highest BCUT2D eigenvalue weighted by atomic mass is 31.2. The van der Waals surface area contributed by atoms with E-state index in [0.29, 0.717) is 29.2 Å². The van der Waals surface area contributed by atoms with Gasteiger partial charge >= 0.3 is 7.60 Å². The van der Waals surface area contributed by atoms with Crippen LogP contribution in [0.3, 0.4) is 0 Å². The van der Waals surface area contributed by atoms with Gasteiger partial charge in [-0.15, -0.1) is 0 Å². The van der Waals surface area contributed by atoms with E-state index in [2.05, 4.69) is 4.90 Å². The van der Waals surface area contributed by atoms with Gasteiger partial charge in [0.25, 0.3) is 0 Å². The normalized spacial score (nSPS) is 16.8. The number of nitrogen functional groups attached to an aromatic ring is 1. The molecule has 0 radical (unpaired) electrons. The predicted molar refractivity (Wildman–Crippen MR) is 150 cm³/mol. The molecule has 2 unspecified atom stereocenters. The Morgan fingerprint density at radius 3 is 2.39 bits per heavy atom. The van der Waals surface area contributed by atoms with Crippen LogP contribution in [0, 0.1) is 10.8 Å². The largest absolute Gasteiger partial charge is 0.489 e. The second kappa shape index (κ2) is 12.5. The molecule has 9 nitrogen and oxygen atoms in total. The molecule has 0 saturated carbocycles. The molecular weight excluding hydrogens is 503 g/mol. The molecule has 4 N–H and O–H groups in total. The average molecular weight is 539 g/mol. The molecule has 1 aliphatic heterocycles. The van der Waals surface area contributed by atoms with Crippen molar-refractivity contribution >= 4 is 30.4 Å². The van der Waals surface area contributed by atoms with Crippen LogP contribution in [-0.4, -0.2) is 55.9 Å². The number of fused-ring (bicyclic) bond motifs is 1. The van der Waals surface area contributed by atoms with Gasteiger partial charge in [0.05, 0.1) is 13.2 Å². The van der Waals surface area contributed by atoms with Crippen molar-refractivity contribution in [3.05, 3.63) is 71.8 Å². The smallest absolute Gasteiger partial charge is 0.375 e. The number of rotatable bonds is 13. The Balaban J connectivity index is 1.61. The van der Waals surface area contributed by atoms with E-state index in [1.165, 1.54) is 6.21 Å². The third kappa shape index (κ3) is 6.60. The molecule has 1 heterocycles. The standard InChI is InChI=1S/C28H35N4O5P/c1-3-34-38(33,35-4-2)28(37-25-12-7-20-5-6-22(27(30)31)17-23(20)18-25)21-8-10-24(11-9-21)36-26-13-15-32(19-26)16-14-29/h5-12,14,17-18,26,28-29H,3-4,13,15-16,19H2,1-2H3,(H3,30,31). The third-order valence-corrected chi connectivity index (χ3v) is 8.54. The number of nitrogens with zero attached hydrogens (tertiary/aromatic N) is 1. The molecule has 38 heavy (non-hydrogen) atoms. The molecule has 1 fully saturated rings. The first-order valence-electron chi connectivity index (χ1n) is 12.8. The fraction of sp³-hybridized carbons (Fsp3) is 0.357. The molecule has 202 valence electrons. The van der Waals surface area contributed by atoms with E-state index in [9.17, 15) is 4.57 Å². The van der Waals surface area contributed by atoms with Crippen molar-refractivity contribution in [2.45, 2.75) is 32.2 Å². The maximum absolute atomic E-state index is 13.9.